The Hall–Kier alpha value is -2.66. The van der Waals surface area contributed by atoms with Crippen molar-refractivity contribution in [3.63, 3.8) is 0 Å². The first-order valence-corrected chi connectivity index (χ1v) is 9.94. The Balaban J connectivity index is 1.37. The van der Waals surface area contributed by atoms with E-state index in [1.807, 2.05) is 30.5 Å². The van der Waals surface area contributed by atoms with E-state index in [-0.39, 0.29) is 24.6 Å². The topological polar surface area (TPSA) is 122 Å². The lowest BCUT2D eigenvalue weighted by molar-refractivity contribution is -0.199. The smallest absolute Gasteiger partial charge is 0.166 e. The molecule has 10 nitrogen and oxygen atoms in total. The molecule has 0 spiro atoms. The number of hydrogen-bond acceptors (Lipinski definition) is 9. The number of aliphatic hydroxyl groups excluding tert-OH is 1. The molecule has 4 atom stereocenters. The number of hydrogen-bond donors (Lipinski definition) is 4. The molecular weight excluding hydrogens is 390 g/mol. The van der Waals surface area contributed by atoms with Crippen LogP contribution in [-0.2, 0) is 20.8 Å². The average Bonchev–Trinajstić information content (AvgIpc) is 3.38. The zero-order valence-corrected chi connectivity index (χ0v) is 16.8. The second-order valence-electron chi connectivity index (χ2n) is 8.02. The highest BCUT2D eigenvalue weighted by Crippen LogP contribution is 2.44. The SMILES string of the molecule is CC1(C)OC2C(CO)OC(n3cnc4c3NCN=C4NCc3ccc(O)cc3)C2O1. The first-order chi connectivity index (χ1) is 14.4. The Morgan fingerprint density at radius 2 is 2.00 bits per heavy atom. The molecule has 3 aliphatic rings. The minimum Gasteiger partial charge on any atom is -0.508 e. The zero-order chi connectivity index (χ0) is 20.9. The van der Waals surface area contributed by atoms with Gasteiger partial charge in [0.1, 0.15) is 42.2 Å². The van der Waals surface area contributed by atoms with E-state index >= 15 is 0 Å². The summed E-state index contributed by atoms with van der Waals surface area (Å²) in [6.07, 6.45) is 0.0388. The van der Waals surface area contributed by atoms with Crippen LogP contribution < -0.4 is 10.6 Å². The van der Waals surface area contributed by atoms with Gasteiger partial charge in [0.25, 0.3) is 0 Å². The third-order valence-corrected chi connectivity index (χ3v) is 5.48. The van der Waals surface area contributed by atoms with Crippen LogP contribution in [0.4, 0.5) is 5.82 Å². The van der Waals surface area contributed by atoms with Gasteiger partial charge in [0, 0.05) is 6.54 Å². The molecule has 10 heteroatoms. The van der Waals surface area contributed by atoms with Crippen molar-refractivity contribution in [3.8, 4) is 5.75 Å². The van der Waals surface area contributed by atoms with Gasteiger partial charge in [-0.2, -0.15) is 0 Å². The van der Waals surface area contributed by atoms with E-state index < -0.39 is 18.1 Å². The predicted octanol–water partition coefficient (Wildman–Crippen LogP) is 0.918. The summed E-state index contributed by atoms with van der Waals surface area (Å²) in [7, 11) is 0. The summed E-state index contributed by atoms with van der Waals surface area (Å²) in [4.78, 5) is 9.04. The molecule has 160 valence electrons. The quantitative estimate of drug-likeness (QED) is 0.582. The van der Waals surface area contributed by atoms with Crippen LogP contribution >= 0.6 is 0 Å². The van der Waals surface area contributed by atoms with Gasteiger partial charge in [0.15, 0.2) is 17.9 Å². The number of nitrogens with zero attached hydrogens (tertiary/aromatic N) is 3. The molecule has 3 aliphatic heterocycles. The number of ether oxygens (including phenoxy) is 3. The number of rotatable bonds is 4. The highest BCUT2D eigenvalue weighted by atomic mass is 16.8. The molecule has 0 saturated carbocycles. The van der Waals surface area contributed by atoms with Gasteiger partial charge >= 0.3 is 0 Å². The number of nitrogens with one attached hydrogen (secondary N) is 2. The van der Waals surface area contributed by atoms with Crippen molar-refractivity contribution in [1.82, 2.24) is 14.9 Å². The first kappa shape index (κ1) is 19.3. The number of aliphatic hydroxyl groups is 1. The normalized spacial score (nSPS) is 29.1. The Kier molecular flexibility index (Phi) is 4.66. The number of imidazole rings is 1. The zero-order valence-electron chi connectivity index (χ0n) is 16.8. The standard InChI is InChI=1S/C20H25N5O5/c1-20(2)29-15-13(8-26)28-19(16(15)30-20)25-10-24-14-17(22-9-23-18(14)25)21-7-11-3-5-12(27)6-4-11/h3-6,10,13,15-16,19,23,26-27H,7-9H2,1-2H3,(H,21,22). The highest BCUT2D eigenvalue weighted by molar-refractivity contribution is 6.02. The molecule has 0 radical (unpaired) electrons. The maximum Gasteiger partial charge on any atom is 0.166 e. The minimum atomic E-state index is -0.739. The van der Waals surface area contributed by atoms with Crippen LogP contribution in [0.3, 0.4) is 0 Å². The molecule has 1 aromatic carbocycles. The monoisotopic (exact) mass is 415 g/mol. The van der Waals surface area contributed by atoms with Crippen LogP contribution in [0.2, 0.25) is 0 Å². The second-order valence-corrected chi connectivity index (χ2v) is 8.02. The van der Waals surface area contributed by atoms with Crippen LogP contribution in [0.1, 0.15) is 31.3 Å². The number of anilines is 1. The summed E-state index contributed by atoms with van der Waals surface area (Å²) < 4.78 is 20.0. The summed E-state index contributed by atoms with van der Waals surface area (Å²) in [5, 5.41) is 25.7. The van der Waals surface area contributed by atoms with Crippen molar-refractivity contribution >= 4 is 11.7 Å². The minimum absolute atomic E-state index is 0.150. The van der Waals surface area contributed by atoms with Crippen molar-refractivity contribution < 1.29 is 24.4 Å². The molecule has 2 aromatic rings. The Bertz CT molecular complexity index is 957. The molecule has 4 unspecified atom stereocenters. The van der Waals surface area contributed by atoms with Crippen LogP contribution in [0.5, 0.6) is 5.75 Å². The fourth-order valence-electron chi connectivity index (χ4n) is 4.14. The van der Waals surface area contributed by atoms with Crippen LogP contribution in [0, 0.1) is 0 Å². The molecule has 2 saturated heterocycles. The van der Waals surface area contributed by atoms with Gasteiger partial charge in [0.05, 0.1) is 12.9 Å². The largest absolute Gasteiger partial charge is 0.508 e. The maximum absolute atomic E-state index is 9.73. The number of benzene rings is 1. The lowest BCUT2D eigenvalue weighted by atomic mass is 10.1. The van der Waals surface area contributed by atoms with E-state index in [1.165, 1.54) is 0 Å². The van der Waals surface area contributed by atoms with E-state index in [0.29, 0.717) is 24.7 Å². The van der Waals surface area contributed by atoms with Gasteiger partial charge in [-0.15, -0.1) is 0 Å². The molecule has 1 aromatic heterocycles. The molecule has 0 bridgehead atoms. The maximum atomic E-state index is 9.73. The van der Waals surface area contributed by atoms with Crippen molar-refractivity contribution in [3.05, 3.63) is 41.9 Å². The van der Waals surface area contributed by atoms with Gasteiger partial charge < -0.3 is 35.1 Å². The molecule has 4 N–H and O–H groups in total. The second kappa shape index (κ2) is 7.24. The van der Waals surface area contributed by atoms with Gasteiger partial charge in [-0.25, -0.2) is 9.98 Å². The third-order valence-electron chi connectivity index (χ3n) is 5.48. The highest BCUT2D eigenvalue weighted by Gasteiger charge is 2.56. The molecule has 2 fully saturated rings. The lowest BCUT2D eigenvalue weighted by Crippen LogP contribution is -2.32. The number of amidine groups is 1. The number of aliphatic imine (C=N–C) groups is 1. The summed E-state index contributed by atoms with van der Waals surface area (Å²) in [6, 6.07) is 7.00. The molecule has 0 amide bonds. The van der Waals surface area contributed by atoms with Crippen LogP contribution in [0.25, 0.3) is 0 Å². The van der Waals surface area contributed by atoms with E-state index in [4.69, 9.17) is 14.2 Å². The summed E-state index contributed by atoms with van der Waals surface area (Å²) >= 11 is 0. The molecule has 4 heterocycles. The average molecular weight is 415 g/mol. The number of phenols is 1. The Morgan fingerprint density at radius 1 is 1.23 bits per heavy atom. The molecule has 30 heavy (non-hydrogen) atoms. The molecule has 0 aliphatic carbocycles. The van der Waals surface area contributed by atoms with Crippen molar-refractivity contribution in [1.29, 1.82) is 0 Å². The van der Waals surface area contributed by atoms with E-state index in [9.17, 15) is 10.2 Å². The van der Waals surface area contributed by atoms with Gasteiger partial charge in [-0.05, 0) is 31.5 Å². The van der Waals surface area contributed by atoms with Crippen LogP contribution in [-0.4, -0.2) is 63.0 Å². The van der Waals surface area contributed by atoms with Crippen molar-refractivity contribution in [2.24, 2.45) is 4.99 Å². The lowest BCUT2D eigenvalue weighted by Gasteiger charge is -2.26. The third kappa shape index (κ3) is 3.31. The number of aromatic hydroxyl groups is 1. The first-order valence-electron chi connectivity index (χ1n) is 9.94. The number of fused-ring (bicyclic) bond motifs is 2. The summed E-state index contributed by atoms with van der Waals surface area (Å²) in [5.74, 6) is 0.940. The Morgan fingerprint density at radius 3 is 2.77 bits per heavy atom. The van der Waals surface area contributed by atoms with Crippen molar-refractivity contribution in [2.75, 3.05) is 18.6 Å². The van der Waals surface area contributed by atoms with Gasteiger partial charge in [-0.3, -0.25) is 4.57 Å². The fourth-order valence-corrected chi connectivity index (χ4v) is 4.14. The van der Waals surface area contributed by atoms with E-state index in [0.717, 1.165) is 11.4 Å². The van der Waals surface area contributed by atoms with Gasteiger partial charge in [-0.1, -0.05) is 12.1 Å². The van der Waals surface area contributed by atoms with E-state index in [1.54, 1.807) is 18.5 Å². The van der Waals surface area contributed by atoms with Gasteiger partial charge in [0.2, 0.25) is 0 Å². The summed E-state index contributed by atoms with van der Waals surface area (Å²) in [6.45, 7) is 4.51. The number of aromatic nitrogens is 2. The van der Waals surface area contributed by atoms with Crippen LogP contribution in [0.15, 0.2) is 35.6 Å². The fraction of sp³-hybridized carbons (Fsp3) is 0.500. The van der Waals surface area contributed by atoms with Crippen molar-refractivity contribution in [2.45, 2.75) is 50.7 Å². The molecular formula is C20H25N5O5. The van der Waals surface area contributed by atoms with E-state index in [2.05, 4.69) is 20.6 Å². The predicted molar refractivity (Wildman–Crippen MR) is 107 cm³/mol. The molecule has 5 rings (SSSR count). The Labute approximate surface area is 173 Å². The summed E-state index contributed by atoms with van der Waals surface area (Å²) in [5.41, 5.74) is 1.70. The number of phenolic OH excluding ortho intramolecular Hbond substituents is 1.